The Hall–Kier alpha value is -0.0800. The van der Waals surface area contributed by atoms with E-state index in [0.717, 1.165) is 12.5 Å². The summed E-state index contributed by atoms with van der Waals surface area (Å²) in [6, 6.07) is 0. The molecule has 1 fully saturated rings. The van der Waals surface area contributed by atoms with Gasteiger partial charge in [-0.15, -0.1) is 0 Å². The van der Waals surface area contributed by atoms with Crippen LogP contribution in [0.25, 0.3) is 0 Å². The van der Waals surface area contributed by atoms with Gasteiger partial charge < -0.3 is 10.5 Å². The summed E-state index contributed by atoms with van der Waals surface area (Å²) in [5, 5.41) is 0. The lowest BCUT2D eigenvalue weighted by molar-refractivity contribution is 0.0486. The molecule has 78 valence electrons. The maximum Gasteiger partial charge on any atom is 0.0574 e. The van der Waals surface area contributed by atoms with Crippen molar-refractivity contribution < 1.29 is 4.74 Å². The minimum atomic E-state index is 0.539. The van der Waals surface area contributed by atoms with Crippen molar-refractivity contribution in [2.45, 2.75) is 51.0 Å². The minimum Gasteiger partial charge on any atom is -0.381 e. The monoisotopic (exact) mass is 185 g/mol. The molecular weight excluding hydrogens is 162 g/mol. The Morgan fingerprint density at radius 1 is 1.31 bits per heavy atom. The first-order chi connectivity index (χ1) is 6.36. The zero-order chi connectivity index (χ0) is 9.52. The summed E-state index contributed by atoms with van der Waals surface area (Å²) in [6.07, 6.45) is 9.70. The Bertz CT molecular complexity index is 127. The summed E-state index contributed by atoms with van der Waals surface area (Å²) in [4.78, 5) is 0. The van der Waals surface area contributed by atoms with Gasteiger partial charge in [0.25, 0.3) is 0 Å². The largest absolute Gasteiger partial charge is 0.381 e. The van der Waals surface area contributed by atoms with Gasteiger partial charge in [-0.25, -0.2) is 0 Å². The first-order valence-corrected chi connectivity index (χ1v) is 5.59. The Labute approximate surface area is 81.8 Å². The van der Waals surface area contributed by atoms with Crippen LogP contribution in [0.1, 0.15) is 44.9 Å². The van der Waals surface area contributed by atoms with Gasteiger partial charge in [0.05, 0.1) is 6.10 Å². The van der Waals surface area contributed by atoms with Crippen LogP contribution in [0.5, 0.6) is 0 Å². The van der Waals surface area contributed by atoms with E-state index >= 15 is 0 Å². The van der Waals surface area contributed by atoms with Crippen molar-refractivity contribution in [1.82, 2.24) is 0 Å². The molecule has 1 saturated carbocycles. The average molecular weight is 185 g/mol. The third-order valence-corrected chi connectivity index (χ3v) is 3.13. The molecule has 2 nitrogen and oxygen atoms in total. The molecule has 2 unspecified atom stereocenters. The molecule has 13 heavy (non-hydrogen) atoms. The van der Waals surface area contributed by atoms with E-state index in [4.69, 9.17) is 10.5 Å². The van der Waals surface area contributed by atoms with E-state index in [1.807, 2.05) is 7.11 Å². The van der Waals surface area contributed by atoms with Crippen molar-refractivity contribution in [3.05, 3.63) is 0 Å². The van der Waals surface area contributed by atoms with Crippen LogP contribution in [0.4, 0.5) is 0 Å². The third-order valence-electron chi connectivity index (χ3n) is 3.13. The van der Waals surface area contributed by atoms with Crippen molar-refractivity contribution in [2.75, 3.05) is 13.7 Å². The second-order valence-electron chi connectivity index (χ2n) is 4.17. The lowest BCUT2D eigenvalue weighted by Crippen LogP contribution is -2.21. The van der Waals surface area contributed by atoms with Gasteiger partial charge >= 0.3 is 0 Å². The highest BCUT2D eigenvalue weighted by Crippen LogP contribution is 2.29. The van der Waals surface area contributed by atoms with Gasteiger partial charge in [-0.3, -0.25) is 0 Å². The van der Waals surface area contributed by atoms with Crippen molar-refractivity contribution in [3.63, 3.8) is 0 Å². The van der Waals surface area contributed by atoms with Crippen LogP contribution in [0.2, 0.25) is 0 Å². The van der Waals surface area contributed by atoms with Crippen LogP contribution in [-0.4, -0.2) is 19.8 Å². The molecule has 0 amide bonds. The van der Waals surface area contributed by atoms with E-state index < -0.39 is 0 Å². The van der Waals surface area contributed by atoms with Crippen LogP contribution < -0.4 is 5.73 Å². The maximum atomic E-state index is 5.47. The Kier molecular flexibility index (Phi) is 5.40. The summed E-state index contributed by atoms with van der Waals surface area (Å²) in [6.45, 7) is 0.848. The van der Waals surface area contributed by atoms with Gasteiger partial charge in [-0.05, 0) is 31.7 Å². The summed E-state index contributed by atoms with van der Waals surface area (Å²) >= 11 is 0. The number of nitrogens with two attached hydrogens (primary N) is 1. The van der Waals surface area contributed by atoms with Crippen molar-refractivity contribution >= 4 is 0 Å². The standard InChI is InChI=1S/C11H23NO/c1-13-11-7-4-6-10(9-11)5-2-3-8-12/h10-11H,2-9,12H2,1H3. The highest BCUT2D eigenvalue weighted by Gasteiger charge is 2.20. The van der Waals surface area contributed by atoms with Crippen LogP contribution in [-0.2, 0) is 4.74 Å². The normalized spacial score (nSPS) is 29.1. The Balaban J connectivity index is 2.11. The third kappa shape index (κ3) is 4.10. The van der Waals surface area contributed by atoms with E-state index in [0.29, 0.717) is 6.10 Å². The van der Waals surface area contributed by atoms with Crippen LogP contribution in [0.15, 0.2) is 0 Å². The molecular formula is C11H23NO. The molecule has 1 rings (SSSR count). The van der Waals surface area contributed by atoms with Crippen LogP contribution in [0, 0.1) is 5.92 Å². The molecule has 0 aromatic rings. The smallest absolute Gasteiger partial charge is 0.0574 e. The second kappa shape index (κ2) is 6.39. The molecule has 0 aromatic carbocycles. The first kappa shape index (κ1) is 11.0. The van der Waals surface area contributed by atoms with E-state index in [1.165, 1.54) is 44.9 Å². The van der Waals surface area contributed by atoms with Gasteiger partial charge in [-0.2, -0.15) is 0 Å². The van der Waals surface area contributed by atoms with Crippen molar-refractivity contribution in [1.29, 1.82) is 0 Å². The summed E-state index contributed by atoms with van der Waals surface area (Å²) < 4.78 is 5.40. The number of unbranched alkanes of at least 4 members (excludes halogenated alkanes) is 1. The predicted molar refractivity (Wildman–Crippen MR) is 55.7 cm³/mol. The van der Waals surface area contributed by atoms with Crippen LogP contribution >= 0.6 is 0 Å². The highest BCUT2D eigenvalue weighted by atomic mass is 16.5. The SMILES string of the molecule is COC1CCCC(CCCCN)C1. The van der Waals surface area contributed by atoms with Gasteiger partial charge in [0, 0.05) is 7.11 Å². The Morgan fingerprint density at radius 3 is 2.85 bits per heavy atom. The number of ether oxygens (including phenoxy) is 1. The average Bonchev–Trinajstić information content (AvgIpc) is 2.19. The van der Waals surface area contributed by atoms with E-state index in [2.05, 4.69) is 0 Å². The van der Waals surface area contributed by atoms with Crippen LogP contribution in [0.3, 0.4) is 0 Å². The molecule has 0 radical (unpaired) electrons. The fraction of sp³-hybridized carbons (Fsp3) is 1.00. The zero-order valence-corrected chi connectivity index (χ0v) is 8.80. The van der Waals surface area contributed by atoms with Crippen molar-refractivity contribution in [3.8, 4) is 0 Å². The quantitative estimate of drug-likeness (QED) is 0.667. The molecule has 0 bridgehead atoms. The highest BCUT2D eigenvalue weighted by molar-refractivity contribution is 4.73. The fourth-order valence-corrected chi connectivity index (χ4v) is 2.30. The second-order valence-corrected chi connectivity index (χ2v) is 4.17. The molecule has 0 aliphatic heterocycles. The Morgan fingerprint density at radius 2 is 2.15 bits per heavy atom. The van der Waals surface area contributed by atoms with Gasteiger partial charge in [-0.1, -0.05) is 25.7 Å². The number of methoxy groups -OCH3 is 1. The summed E-state index contributed by atoms with van der Waals surface area (Å²) in [7, 11) is 1.84. The molecule has 2 heteroatoms. The van der Waals surface area contributed by atoms with Gasteiger partial charge in [0.2, 0.25) is 0 Å². The molecule has 0 saturated heterocycles. The molecule has 2 N–H and O–H groups in total. The lowest BCUT2D eigenvalue weighted by Gasteiger charge is -2.28. The molecule has 0 aromatic heterocycles. The minimum absolute atomic E-state index is 0.539. The fourth-order valence-electron chi connectivity index (χ4n) is 2.30. The van der Waals surface area contributed by atoms with E-state index in [-0.39, 0.29) is 0 Å². The van der Waals surface area contributed by atoms with Gasteiger partial charge in [0.15, 0.2) is 0 Å². The molecule has 1 aliphatic carbocycles. The molecule has 1 aliphatic rings. The number of hydrogen-bond donors (Lipinski definition) is 1. The molecule has 0 spiro atoms. The number of hydrogen-bond acceptors (Lipinski definition) is 2. The lowest BCUT2D eigenvalue weighted by atomic mass is 9.84. The van der Waals surface area contributed by atoms with E-state index in [9.17, 15) is 0 Å². The molecule has 2 atom stereocenters. The predicted octanol–water partition coefficient (Wildman–Crippen LogP) is 2.32. The zero-order valence-electron chi connectivity index (χ0n) is 8.80. The molecule has 0 heterocycles. The summed E-state index contributed by atoms with van der Waals surface area (Å²) in [5.74, 6) is 0.908. The van der Waals surface area contributed by atoms with Crippen molar-refractivity contribution in [2.24, 2.45) is 11.7 Å². The topological polar surface area (TPSA) is 35.2 Å². The number of rotatable bonds is 5. The first-order valence-electron chi connectivity index (χ1n) is 5.59. The maximum absolute atomic E-state index is 5.47. The van der Waals surface area contributed by atoms with E-state index in [1.54, 1.807) is 0 Å². The van der Waals surface area contributed by atoms with Gasteiger partial charge in [0.1, 0.15) is 0 Å². The summed E-state index contributed by atoms with van der Waals surface area (Å²) in [5.41, 5.74) is 5.47.